The van der Waals surface area contributed by atoms with Gasteiger partial charge >= 0.3 is 0 Å². The highest BCUT2D eigenvalue weighted by Gasteiger charge is 2.10. The Morgan fingerprint density at radius 3 is 2.56 bits per heavy atom. The van der Waals surface area contributed by atoms with Crippen LogP contribution >= 0.6 is 11.6 Å². The lowest BCUT2D eigenvalue weighted by atomic mass is 10.2. The minimum atomic E-state index is 0.146. The van der Waals surface area contributed by atoms with Crippen molar-refractivity contribution >= 4 is 11.6 Å². The fraction of sp³-hybridized carbons (Fsp3) is 0.0714. The summed E-state index contributed by atoms with van der Waals surface area (Å²) in [4.78, 5) is 0. The van der Waals surface area contributed by atoms with Gasteiger partial charge in [0.15, 0.2) is 0 Å². The van der Waals surface area contributed by atoms with Gasteiger partial charge in [-0.2, -0.15) is 5.26 Å². The number of rotatable bonds is 2. The van der Waals surface area contributed by atoms with Crippen molar-refractivity contribution in [2.45, 2.75) is 6.92 Å². The standard InChI is InChI=1S/C14H10ClNO2/c1-9-12(17)5-3-6-13(9)18-14-7-2-4-11(15)10(14)8-16/h2-7,17H,1H3. The van der Waals surface area contributed by atoms with Crippen molar-refractivity contribution < 1.29 is 9.84 Å². The molecule has 3 nitrogen and oxygen atoms in total. The summed E-state index contributed by atoms with van der Waals surface area (Å²) in [7, 11) is 0. The average molecular weight is 260 g/mol. The van der Waals surface area contributed by atoms with Crippen molar-refractivity contribution in [1.29, 1.82) is 5.26 Å². The third kappa shape index (κ3) is 2.24. The molecular weight excluding hydrogens is 250 g/mol. The second-order valence-corrected chi connectivity index (χ2v) is 4.13. The van der Waals surface area contributed by atoms with Crippen LogP contribution in [0.4, 0.5) is 0 Å². The molecule has 0 fully saturated rings. The van der Waals surface area contributed by atoms with Crippen molar-refractivity contribution in [2.75, 3.05) is 0 Å². The van der Waals surface area contributed by atoms with Gasteiger partial charge in [0.2, 0.25) is 0 Å². The maximum Gasteiger partial charge on any atom is 0.146 e. The summed E-state index contributed by atoms with van der Waals surface area (Å²) in [6, 6.07) is 12.0. The Bertz CT molecular complexity index is 632. The zero-order valence-corrected chi connectivity index (χ0v) is 10.4. The van der Waals surface area contributed by atoms with Crippen LogP contribution in [0.1, 0.15) is 11.1 Å². The van der Waals surface area contributed by atoms with Gasteiger partial charge in [0.05, 0.1) is 5.02 Å². The number of phenolic OH excluding ortho intramolecular Hbond substituents is 1. The van der Waals surface area contributed by atoms with Crippen molar-refractivity contribution in [1.82, 2.24) is 0 Å². The molecule has 0 aliphatic rings. The van der Waals surface area contributed by atoms with Gasteiger partial charge in [-0.25, -0.2) is 0 Å². The molecule has 0 saturated carbocycles. The Balaban J connectivity index is 2.44. The fourth-order valence-electron chi connectivity index (χ4n) is 1.53. The van der Waals surface area contributed by atoms with Gasteiger partial charge in [0.25, 0.3) is 0 Å². The van der Waals surface area contributed by atoms with Gasteiger partial charge < -0.3 is 9.84 Å². The second kappa shape index (κ2) is 4.99. The maximum absolute atomic E-state index is 9.59. The second-order valence-electron chi connectivity index (χ2n) is 3.73. The summed E-state index contributed by atoms with van der Waals surface area (Å²) in [5.41, 5.74) is 0.892. The van der Waals surface area contributed by atoms with Crippen molar-refractivity contribution in [2.24, 2.45) is 0 Å². The number of hydrogen-bond acceptors (Lipinski definition) is 3. The van der Waals surface area contributed by atoms with Crippen LogP contribution in [0.2, 0.25) is 5.02 Å². The quantitative estimate of drug-likeness (QED) is 0.886. The summed E-state index contributed by atoms with van der Waals surface area (Å²) in [6.07, 6.45) is 0. The van der Waals surface area contributed by atoms with Gasteiger partial charge in [0.1, 0.15) is 28.9 Å². The van der Waals surface area contributed by atoms with E-state index in [2.05, 4.69) is 0 Å². The van der Waals surface area contributed by atoms with E-state index in [4.69, 9.17) is 21.6 Å². The summed E-state index contributed by atoms with van der Waals surface area (Å²) >= 11 is 5.91. The first-order chi connectivity index (χ1) is 8.63. The summed E-state index contributed by atoms with van der Waals surface area (Å²) in [5, 5.41) is 19.0. The zero-order chi connectivity index (χ0) is 13.1. The Hall–Kier alpha value is -2.18. The number of ether oxygens (including phenoxy) is 1. The smallest absolute Gasteiger partial charge is 0.146 e. The summed E-state index contributed by atoms with van der Waals surface area (Å²) < 4.78 is 5.63. The van der Waals surface area contributed by atoms with Gasteiger partial charge in [-0.1, -0.05) is 23.7 Å². The van der Waals surface area contributed by atoms with Crippen LogP contribution in [0.5, 0.6) is 17.2 Å². The molecule has 18 heavy (non-hydrogen) atoms. The van der Waals surface area contributed by atoms with Crippen molar-refractivity contribution in [3.8, 4) is 23.3 Å². The lowest BCUT2D eigenvalue weighted by molar-refractivity contribution is 0.447. The van der Waals surface area contributed by atoms with Gasteiger partial charge in [0, 0.05) is 5.56 Å². The minimum absolute atomic E-state index is 0.146. The first-order valence-corrected chi connectivity index (χ1v) is 5.66. The third-order valence-corrected chi connectivity index (χ3v) is 2.88. The zero-order valence-electron chi connectivity index (χ0n) is 9.64. The van der Waals surface area contributed by atoms with Crippen molar-refractivity contribution in [3.05, 3.63) is 52.5 Å². The van der Waals surface area contributed by atoms with Gasteiger partial charge in [-0.15, -0.1) is 0 Å². The molecule has 1 N–H and O–H groups in total. The molecule has 2 aromatic rings. The molecular formula is C14H10ClNO2. The number of nitrogens with zero attached hydrogens (tertiary/aromatic N) is 1. The van der Waals surface area contributed by atoms with E-state index in [0.717, 1.165) is 0 Å². The SMILES string of the molecule is Cc1c(O)cccc1Oc1cccc(Cl)c1C#N. The lowest BCUT2D eigenvalue weighted by Gasteiger charge is -2.11. The highest BCUT2D eigenvalue weighted by atomic mass is 35.5. The van der Waals surface area contributed by atoms with E-state index in [1.807, 2.05) is 6.07 Å². The molecule has 0 atom stereocenters. The molecule has 0 heterocycles. The molecule has 90 valence electrons. The first-order valence-electron chi connectivity index (χ1n) is 5.28. The Labute approximate surface area is 110 Å². The number of aromatic hydroxyl groups is 1. The fourth-order valence-corrected chi connectivity index (χ4v) is 1.74. The molecule has 4 heteroatoms. The van der Waals surface area contributed by atoms with E-state index >= 15 is 0 Å². The number of phenols is 1. The van der Waals surface area contributed by atoms with Crippen LogP contribution < -0.4 is 4.74 Å². The van der Waals surface area contributed by atoms with E-state index in [1.165, 1.54) is 0 Å². The van der Waals surface area contributed by atoms with Crippen LogP contribution in [0.25, 0.3) is 0 Å². The van der Waals surface area contributed by atoms with Crippen LogP contribution in [0.15, 0.2) is 36.4 Å². The molecule has 0 radical (unpaired) electrons. The number of nitriles is 1. The monoisotopic (exact) mass is 259 g/mol. The summed E-state index contributed by atoms with van der Waals surface area (Å²) in [5.74, 6) is 1.01. The third-order valence-electron chi connectivity index (χ3n) is 2.56. The first kappa shape index (κ1) is 12.3. The normalized spacial score (nSPS) is 9.83. The van der Waals surface area contributed by atoms with Crippen LogP contribution in [-0.2, 0) is 0 Å². The number of halogens is 1. The molecule has 0 aliphatic carbocycles. The maximum atomic E-state index is 9.59. The van der Waals surface area contributed by atoms with Crippen LogP contribution in [0, 0.1) is 18.3 Å². The number of hydrogen-bond donors (Lipinski definition) is 1. The van der Waals surface area contributed by atoms with E-state index < -0.39 is 0 Å². The molecule has 0 aliphatic heterocycles. The molecule has 0 aromatic heterocycles. The lowest BCUT2D eigenvalue weighted by Crippen LogP contribution is -1.91. The summed E-state index contributed by atoms with van der Waals surface area (Å²) in [6.45, 7) is 1.74. The average Bonchev–Trinajstić information content (AvgIpc) is 2.35. The van der Waals surface area contributed by atoms with Gasteiger partial charge in [-0.3, -0.25) is 0 Å². The molecule has 0 amide bonds. The Morgan fingerprint density at radius 2 is 1.83 bits per heavy atom. The molecule has 0 saturated heterocycles. The van der Waals surface area contributed by atoms with E-state index in [-0.39, 0.29) is 11.3 Å². The topological polar surface area (TPSA) is 53.2 Å². The Kier molecular flexibility index (Phi) is 3.40. The number of benzene rings is 2. The minimum Gasteiger partial charge on any atom is -0.508 e. The molecule has 2 rings (SSSR count). The highest BCUT2D eigenvalue weighted by Crippen LogP contribution is 2.33. The molecule has 2 aromatic carbocycles. The Morgan fingerprint density at radius 1 is 1.17 bits per heavy atom. The largest absolute Gasteiger partial charge is 0.508 e. The van der Waals surface area contributed by atoms with Crippen LogP contribution in [-0.4, -0.2) is 5.11 Å². The highest BCUT2D eigenvalue weighted by molar-refractivity contribution is 6.31. The van der Waals surface area contributed by atoms with E-state index in [1.54, 1.807) is 43.3 Å². The van der Waals surface area contributed by atoms with E-state index in [0.29, 0.717) is 22.1 Å². The predicted octanol–water partition coefficient (Wildman–Crippen LogP) is 4.02. The predicted molar refractivity (Wildman–Crippen MR) is 69.1 cm³/mol. The molecule has 0 spiro atoms. The molecule has 0 unspecified atom stereocenters. The van der Waals surface area contributed by atoms with Crippen LogP contribution in [0.3, 0.4) is 0 Å². The van der Waals surface area contributed by atoms with Gasteiger partial charge in [-0.05, 0) is 31.2 Å². The molecule has 0 bridgehead atoms. The van der Waals surface area contributed by atoms with E-state index in [9.17, 15) is 5.11 Å². The van der Waals surface area contributed by atoms with Crippen molar-refractivity contribution in [3.63, 3.8) is 0 Å².